The molecule has 0 fully saturated rings. The zero-order valence-electron chi connectivity index (χ0n) is 18.1. The van der Waals surface area contributed by atoms with Gasteiger partial charge in [0.15, 0.2) is 0 Å². The molecule has 0 saturated heterocycles. The summed E-state index contributed by atoms with van der Waals surface area (Å²) >= 11 is 0. The van der Waals surface area contributed by atoms with Crippen molar-refractivity contribution in [1.29, 1.82) is 0 Å². The van der Waals surface area contributed by atoms with Crippen LogP contribution in [0.25, 0.3) is 0 Å². The number of carbonyl (C=O) groups is 1. The molecule has 6 nitrogen and oxygen atoms in total. The van der Waals surface area contributed by atoms with Crippen LogP contribution >= 0.6 is 0 Å². The number of pyridine rings is 1. The Morgan fingerprint density at radius 2 is 1.87 bits per heavy atom. The third-order valence-corrected chi connectivity index (χ3v) is 6.10. The molecule has 0 radical (unpaired) electrons. The van der Waals surface area contributed by atoms with E-state index in [0.717, 1.165) is 56.9 Å². The first-order valence-electron chi connectivity index (χ1n) is 11.3. The van der Waals surface area contributed by atoms with Crippen LogP contribution in [-0.4, -0.2) is 26.0 Å². The van der Waals surface area contributed by atoms with Crippen LogP contribution in [0.3, 0.4) is 0 Å². The van der Waals surface area contributed by atoms with Gasteiger partial charge in [-0.3, -0.25) is 9.78 Å². The maximum atomic E-state index is 11.2. The molecule has 6 heteroatoms. The summed E-state index contributed by atoms with van der Waals surface area (Å²) in [6, 6.07) is 2.29. The monoisotopic (exact) mass is 410 g/mol. The number of rotatable bonds is 11. The molecule has 0 amide bonds. The Bertz CT molecular complexity index is 836. The molecule has 0 spiro atoms. The number of carboxylic acid groups (broad SMARTS) is 1. The van der Waals surface area contributed by atoms with E-state index in [1.165, 1.54) is 35.4 Å². The molecule has 1 aliphatic rings. The minimum atomic E-state index is -0.770. The molecule has 3 rings (SSSR count). The van der Waals surface area contributed by atoms with Crippen molar-refractivity contribution in [2.75, 3.05) is 0 Å². The highest BCUT2D eigenvalue weighted by Gasteiger charge is 2.17. The highest BCUT2D eigenvalue weighted by molar-refractivity contribution is 5.68. The van der Waals surface area contributed by atoms with Gasteiger partial charge in [0.1, 0.15) is 5.82 Å². The van der Waals surface area contributed by atoms with Crippen molar-refractivity contribution in [3.8, 4) is 0 Å². The number of aryl methyl sites for hydroxylation is 4. The van der Waals surface area contributed by atoms with E-state index in [1.807, 2.05) is 6.92 Å². The number of hydrogen-bond acceptors (Lipinski definition) is 5. The molecule has 0 bridgehead atoms. The largest absolute Gasteiger partial charge is 0.481 e. The fourth-order valence-corrected chi connectivity index (χ4v) is 4.36. The molecular formula is C24H34N4O2. The average Bonchev–Trinajstić information content (AvgIpc) is 2.75. The van der Waals surface area contributed by atoms with Gasteiger partial charge in [-0.25, -0.2) is 9.97 Å². The summed E-state index contributed by atoms with van der Waals surface area (Å²) in [6.07, 6.45) is 14.5. The van der Waals surface area contributed by atoms with E-state index in [1.54, 1.807) is 12.4 Å². The van der Waals surface area contributed by atoms with Gasteiger partial charge in [-0.05, 0) is 74.5 Å². The van der Waals surface area contributed by atoms with Gasteiger partial charge < -0.3 is 10.8 Å². The Morgan fingerprint density at radius 1 is 1.13 bits per heavy atom. The van der Waals surface area contributed by atoms with Crippen LogP contribution < -0.4 is 5.73 Å². The standard InChI is InChI=1S/C24H34N4O2/c1-17-26-15-21(16-27-17)18(13-24(29)30)8-4-2-3-5-10-23-20(14-25)12-19-9-6-7-11-22(19)28-23/h12,15-16,18H,2-11,13-14,25H2,1H3,(H,29,30)/t18-/m0/s1. The van der Waals surface area contributed by atoms with Crippen molar-refractivity contribution in [1.82, 2.24) is 15.0 Å². The van der Waals surface area contributed by atoms with Gasteiger partial charge in [-0.2, -0.15) is 0 Å². The highest BCUT2D eigenvalue weighted by atomic mass is 16.4. The van der Waals surface area contributed by atoms with Gasteiger partial charge in [-0.15, -0.1) is 0 Å². The fourth-order valence-electron chi connectivity index (χ4n) is 4.36. The number of nitrogens with zero attached hydrogens (tertiary/aromatic N) is 3. The smallest absolute Gasteiger partial charge is 0.303 e. The van der Waals surface area contributed by atoms with Crippen LogP contribution in [-0.2, 0) is 30.6 Å². The molecule has 1 aliphatic carbocycles. The maximum Gasteiger partial charge on any atom is 0.303 e. The second-order valence-corrected chi connectivity index (χ2v) is 8.42. The summed E-state index contributed by atoms with van der Waals surface area (Å²) in [5.74, 6) is -0.0805. The number of hydrogen-bond donors (Lipinski definition) is 2. The molecule has 2 heterocycles. The van der Waals surface area contributed by atoms with Gasteiger partial charge in [0, 0.05) is 30.3 Å². The second-order valence-electron chi connectivity index (χ2n) is 8.42. The normalized spacial score (nSPS) is 14.3. The molecule has 0 saturated carbocycles. The van der Waals surface area contributed by atoms with E-state index < -0.39 is 5.97 Å². The number of nitrogens with two attached hydrogens (primary N) is 1. The topological polar surface area (TPSA) is 102 Å². The SMILES string of the molecule is Cc1ncc([C@@H](CCCCCCc2nc3c(cc2CN)CCCC3)CC(=O)O)cn1. The molecular weight excluding hydrogens is 376 g/mol. The van der Waals surface area contributed by atoms with E-state index in [4.69, 9.17) is 10.7 Å². The molecule has 0 unspecified atom stereocenters. The summed E-state index contributed by atoms with van der Waals surface area (Å²) in [5, 5.41) is 9.24. The lowest BCUT2D eigenvalue weighted by Gasteiger charge is -2.18. The van der Waals surface area contributed by atoms with E-state index >= 15 is 0 Å². The van der Waals surface area contributed by atoms with Gasteiger partial charge in [0.25, 0.3) is 0 Å². The lowest BCUT2D eigenvalue weighted by molar-refractivity contribution is -0.137. The van der Waals surface area contributed by atoms with Crippen LogP contribution in [0.4, 0.5) is 0 Å². The average molecular weight is 411 g/mol. The second kappa shape index (κ2) is 11.2. The minimum absolute atomic E-state index is 0.0192. The summed E-state index contributed by atoms with van der Waals surface area (Å²) in [6.45, 7) is 2.40. The van der Waals surface area contributed by atoms with Crippen LogP contribution in [0.1, 0.15) is 91.2 Å². The Hall–Kier alpha value is -2.34. The number of unbranched alkanes of at least 4 members (excludes halogenated alkanes) is 3. The minimum Gasteiger partial charge on any atom is -0.481 e. The summed E-state index contributed by atoms with van der Waals surface area (Å²) in [5.41, 5.74) is 12.0. The maximum absolute atomic E-state index is 11.2. The first-order valence-corrected chi connectivity index (χ1v) is 11.3. The van der Waals surface area contributed by atoms with Crippen molar-refractivity contribution in [2.24, 2.45) is 5.73 Å². The number of aromatic nitrogens is 3. The van der Waals surface area contributed by atoms with Gasteiger partial charge in [-0.1, -0.05) is 25.3 Å². The Morgan fingerprint density at radius 3 is 2.60 bits per heavy atom. The molecule has 2 aromatic heterocycles. The van der Waals surface area contributed by atoms with Crippen molar-refractivity contribution < 1.29 is 9.90 Å². The Balaban J connectivity index is 1.46. The molecule has 0 aromatic carbocycles. The van der Waals surface area contributed by atoms with Crippen molar-refractivity contribution >= 4 is 5.97 Å². The first kappa shape index (κ1) is 22.3. The van der Waals surface area contributed by atoms with Crippen molar-refractivity contribution in [2.45, 2.75) is 90.0 Å². The third kappa shape index (κ3) is 6.33. The van der Waals surface area contributed by atoms with Crippen LogP contribution in [0.5, 0.6) is 0 Å². The van der Waals surface area contributed by atoms with Gasteiger partial charge in [0.05, 0.1) is 6.42 Å². The lowest BCUT2D eigenvalue weighted by Crippen LogP contribution is -2.12. The highest BCUT2D eigenvalue weighted by Crippen LogP contribution is 2.26. The third-order valence-electron chi connectivity index (χ3n) is 6.10. The lowest BCUT2D eigenvalue weighted by atomic mass is 9.91. The Kier molecular flexibility index (Phi) is 8.31. The zero-order chi connectivity index (χ0) is 21.3. The van der Waals surface area contributed by atoms with Crippen LogP contribution in [0.2, 0.25) is 0 Å². The van der Waals surface area contributed by atoms with Crippen LogP contribution in [0.15, 0.2) is 18.5 Å². The Labute approximate surface area is 179 Å². The quantitative estimate of drug-likeness (QED) is 0.536. The molecule has 1 atom stereocenters. The van der Waals surface area contributed by atoms with E-state index in [-0.39, 0.29) is 12.3 Å². The number of aliphatic carboxylic acids is 1. The predicted molar refractivity (Wildman–Crippen MR) is 117 cm³/mol. The summed E-state index contributed by atoms with van der Waals surface area (Å²) in [7, 11) is 0. The van der Waals surface area contributed by atoms with E-state index in [0.29, 0.717) is 12.4 Å². The van der Waals surface area contributed by atoms with E-state index in [2.05, 4.69) is 16.0 Å². The number of fused-ring (bicyclic) bond motifs is 1. The van der Waals surface area contributed by atoms with Gasteiger partial charge in [0.2, 0.25) is 0 Å². The first-order chi connectivity index (χ1) is 14.6. The van der Waals surface area contributed by atoms with Crippen LogP contribution in [0, 0.1) is 6.92 Å². The molecule has 2 aromatic rings. The predicted octanol–water partition coefficient (Wildman–Crippen LogP) is 4.27. The molecule has 30 heavy (non-hydrogen) atoms. The fraction of sp³-hybridized carbons (Fsp3) is 0.583. The molecule has 162 valence electrons. The van der Waals surface area contributed by atoms with Crippen molar-refractivity contribution in [3.63, 3.8) is 0 Å². The molecule has 0 aliphatic heterocycles. The summed E-state index contributed by atoms with van der Waals surface area (Å²) in [4.78, 5) is 24.6. The zero-order valence-corrected chi connectivity index (χ0v) is 18.1. The molecule has 3 N–H and O–H groups in total. The van der Waals surface area contributed by atoms with E-state index in [9.17, 15) is 9.90 Å². The van der Waals surface area contributed by atoms with Crippen molar-refractivity contribution in [3.05, 3.63) is 52.4 Å². The van der Waals surface area contributed by atoms with Gasteiger partial charge >= 0.3 is 5.97 Å². The number of carboxylic acids is 1. The summed E-state index contributed by atoms with van der Waals surface area (Å²) < 4.78 is 0.